The fraction of sp³-hybridized carbons (Fsp3) is 0.682. The SMILES string of the molecule is CC(=O)N1CCc2nc(C3CCCCN3C(=O)CN3CCCC3=O)nc(N(C)C)c2C1. The summed E-state index contributed by atoms with van der Waals surface area (Å²) < 4.78 is 0. The Balaban J connectivity index is 1.62. The van der Waals surface area contributed by atoms with Crippen LogP contribution < -0.4 is 4.90 Å². The molecule has 2 saturated heterocycles. The van der Waals surface area contributed by atoms with E-state index in [-0.39, 0.29) is 30.3 Å². The highest BCUT2D eigenvalue weighted by molar-refractivity contribution is 5.86. The minimum Gasteiger partial charge on any atom is -0.362 e. The van der Waals surface area contributed by atoms with Gasteiger partial charge >= 0.3 is 0 Å². The lowest BCUT2D eigenvalue weighted by Crippen LogP contribution is -2.45. The number of carbonyl (C=O) groups excluding carboxylic acids is 3. The fourth-order valence-corrected chi connectivity index (χ4v) is 4.83. The van der Waals surface area contributed by atoms with Crippen molar-refractivity contribution in [2.24, 2.45) is 0 Å². The first-order valence-electron chi connectivity index (χ1n) is 11.2. The van der Waals surface area contributed by atoms with E-state index in [0.29, 0.717) is 44.8 Å². The third kappa shape index (κ3) is 4.36. The van der Waals surface area contributed by atoms with Crippen molar-refractivity contribution in [1.82, 2.24) is 24.7 Å². The summed E-state index contributed by atoms with van der Waals surface area (Å²) in [7, 11) is 3.89. The van der Waals surface area contributed by atoms with Crippen LogP contribution in [0.1, 0.15) is 62.2 Å². The zero-order chi connectivity index (χ0) is 22.1. The van der Waals surface area contributed by atoms with E-state index in [1.165, 1.54) is 0 Å². The van der Waals surface area contributed by atoms with Crippen LogP contribution in [0.25, 0.3) is 0 Å². The van der Waals surface area contributed by atoms with E-state index < -0.39 is 0 Å². The van der Waals surface area contributed by atoms with Crippen molar-refractivity contribution < 1.29 is 14.4 Å². The Labute approximate surface area is 183 Å². The van der Waals surface area contributed by atoms with Crippen molar-refractivity contribution >= 4 is 23.5 Å². The maximum atomic E-state index is 13.1. The molecule has 0 spiro atoms. The van der Waals surface area contributed by atoms with Gasteiger partial charge in [-0.2, -0.15) is 0 Å². The lowest BCUT2D eigenvalue weighted by Gasteiger charge is -2.37. The molecule has 0 aromatic carbocycles. The zero-order valence-corrected chi connectivity index (χ0v) is 18.8. The molecular weight excluding hydrogens is 396 g/mol. The second kappa shape index (κ2) is 8.80. The molecule has 4 heterocycles. The van der Waals surface area contributed by atoms with Crippen LogP contribution in [-0.4, -0.2) is 82.7 Å². The standard InChI is InChI=1S/C22H32N6O3/c1-15(29)26-12-9-17-16(13-26)22(25(2)3)24-21(23-17)18-7-4-5-11-28(18)20(31)14-27-10-6-8-19(27)30/h18H,4-14H2,1-3H3. The maximum Gasteiger partial charge on any atom is 0.242 e. The first kappa shape index (κ1) is 21.5. The molecule has 3 amide bonds. The first-order valence-corrected chi connectivity index (χ1v) is 11.2. The van der Waals surface area contributed by atoms with Crippen LogP contribution in [0.3, 0.4) is 0 Å². The van der Waals surface area contributed by atoms with Gasteiger partial charge in [-0.25, -0.2) is 9.97 Å². The predicted molar refractivity (Wildman–Crippen MR) is 115 cm³/mol. The number of hydrogen-bond donors (Lipinski definition) is 0. The molecule has 0 aliphatic carbocycles. The number of amides is 3. The number of aromatic nitrogens is 2. The third-order valence-corrected chi connectivity index (χ3v) is 6.54. The van der Waals surface area contributed by atoms with Crippen molar-refractivity contribution in [3.63, 3.8) is 0 Å². The lowest BCUT2D eigenvalue weighted by molar-refractivity contribution is -0.141. The van der Waals surface area contributed by atoms with Gasteiger partial charge in [0.1, 0.15) is 5.82 Å². The number of rotatable bonds is 4. The van der Waals surface area contributed by atoms with Crippen LogP contribution in [-0.2, 0) is 27.3 Å². The van der Waals surface area contributed by atoms with Gasteiger partial charge in [0.2, 0.25) is 17.7 Å². The average Bonchev–Trinajstić information content (AvgIpc) is 3.16. The molecule has 1 unspecified atom stereocenters. The molecule has 1 aromatic heterocycles. The van der Waals surface area contributed by atoms with Crippen LogP contribution in [0, 0.1) is 0 Å². The van der Waals surface area contributed by atoms with E-state index in [4.69, 9.17) is 9.97 Å². The second-order valence-electron chi connectivity index (χ2n) is 8.93. The molecule has 9 nitrogen and oxygen atoms in total. The van der Waals surface area contributed by atoms with Crippen LogP contribution in [0.15, 0.2) is 0 Å². The summed E-state index contributed by atoms with van der Waals surface area (Å²) in [6.07, 6.45) is 4.85. The molecule has 0 saturated carbocycles. The largest absolute Gasteiger partial charge is 0.362 e. The molecule has 168 valence electrons. The van der Waals surface area contributed by atoms with E-state index in [9.17, 15) is 14.4 Å². The third-order valence-electron chi connectivity index (χ3n) is 6.54. The zero-order valence-electron chi connectivity index (χ0n) is 18.8. The summed E-state index contributed by atoms with van der Waals surface area (Å²) in [6, 6.07) is -0.172. The van der Waals surface area contributed by atoms with Crippen LogP contribution in [0.5, 0.6) is 0 Å². The molecule has 9 heteroatoms. The van der Waals surface area contributed by atoms with Gasteiger partial charge in [0, 0.05) is 59.1 Å². The molecule has 1 aromatic rings. The smallest absolute Gasteiger partial charge is 0.242 e. The molecular formula is C22H32N6O3. The Hall–Kier alpha value is -2.71. The molecule has 1 atom stereocenters. The maximum absolute atomic E-state index is 13.1. The van der Waals surface area contributed by atoms with Gasteiger partial charge in [0.05, 0.1) is 24.8 Å². The van der Waals surface area contributed by atoms with E-state index in [1.807, 2.05) is 28.8 Å². The highest BCUT2D eigenvalue weighted by Crippen LogP contribution is 2.33. The number of piperidine rings is 1. The summed E-state index contributed by atoms with van der Waals surface area (Å²) in [6.45, 7) is 4.23. The van der Waals surface area contributed by atoms with E-state index >= 15 is 0 Å². The number of carbonyl (C=O) groups is 3. The summed E-state index contributed by atoms with van der Waals surface area (Å²) in [5, 5.41) is 0. The van der Waals surface area contributed by atoms with Gasteiger partial charge in [0.15, 0.2) is 5.82 Å². The Morgan fingerprint density at radius 2 is 1.87 bits per heavy atom. The topological polar surface area (TPSA) is 90.0 Å². The van der Waals surface area contributed by atoms with Crippen molar-refractivity contribution in [3.05, 3.63) is 17.1 Å². The number of hydrogen-bond acceptors (Lipinski definition) is 6. The predicted octanol–water partition coefficient (Wildman–Crippen LogP) is 1.12. The monoisotopic (exact) mass is 428 g/mol. The molecule has 0 N–H and O–H groups in total. The van der Waals surface area contributed by atoms with E-state index in [1.54, 1.807) is 11.8 Å². The molecule has 31 heavy (non-hydrogen) atoms. The molecule has 4 rings (SSSR count). The van der Waals surface area contributed by atoms with Gasteiger partial charge in [-0.3, -0.25) is 14.4 Å². The Morgan fingerprint density at radius 3 is 2.55 bits per heavy atom. The Bertz CT molecular complexity index is 886. The minimum atomic E-state index is -0.172. The van der Waals surface area contributed by atoms with Gasteiger partial charge in [-0.15, -0.1) is 0 Å². The van der Waals surface area contributed by atoms with Crippen molar-refractivity contribution in [2.75, 3.05) is 45.2 Å². The Morgan fingerprint density at radius 1 is 1.06 bits per heavy atom. The summed E-state index contributed by atoms with van der Waals surface area (Å²) in [5.74, 6) is 1.60. The highest BCUT2D eigenvalue weighted by Gasteiger charge is 2.34. The van der Waals surface area contributed by atoms with Crippen LogP contribution >= 0.6 is 0 Å². The number of nitrogens with zero attached hydrogens (tertiary/aromatic N) is 6. The first-order chi connectivity index (χ1) is 14.8. The van der Waals surface area contributed by atoms with E-state index in [0.717, 1.165) is 42.8 Å². The average molecular weight is 429 g/mol. The van der Waals surface area contributed by atoms with Crippen molar-refractivity contribution in [2.45, 2.75) is 58.0 Å². The molecule has 3 aliphatic heterocycles. The van der Waals surface area contributed by atoms with Crippen LogP contribution in [0.4, 0.5) is 5.82 Å². The van der Waals surface area contributed by atoms with Gasteiger partial charge in [0.25, 0.3) is 0 Å². The summed E-state index contributed by atoms with van der Waals surface area (Å²) >= 11 is 0. The van der Waals surface area contributed by atoms with Gasteiger partial charge in [-0.1, -0.05) is 0 Å². The summed E-state index contributed by atoms with van der Waals surface area (Å²) in [5.41, 5.74) is 1.96. The molecule has 3 aliphatic rings. The fourth-order valence-electron chi connectivity index (χ4n) is 4.83. The molecule has 0 bridgehead atoms. The number of likely N-dealkylation sites (tertiary alicyclic amines) is 2. The summed E-state index contributed by atoms with van der Waals surface area (Å²) in [4.78, 5) is 54.1. The molecule has 0 radical (unpaired) electrons. The van der Waals surface area contributed by atoms with Crippen molar-refractivity contribution in [1.29, 1.82) is 0 Å². The molecule has 2 fully saturated rings. The van der Waals surface area contributed by atoms with E-state index in [2.05, 4.69) is 0 Å². The Kier molecular flexibility index (Phi) is 6.11. The quantitative estimate of drug-likeness (QED) is 0.714. The van der Waals surface area contributed by atoms with Gasteiger partial charge in [-0.05, 0) is 25.7 Å². The number of anilines is 1. The van der Waals surface area contributed by atoms with Gasteiger partial charge < -0.3 is 19.6 Å². The second-order valence-corrected chi connectivity index (χ2v) is 8.93. The lowest BCUT2D eigenvalue weighted by atomic mass is 9.99. The normalized spacial score (nSPS) is 21.3. The minimum absolute atomic E-state index is 0.0181. The van der Waals surface area contributed by atoms with Crippen molar-refractivity contribution in [3.8, 4) is 0 Å². The van der Waals surface area contributed by atoms with Crippen LogP contribution in [0.2, 0.25) is 0 Å². The highest BCUT2D eigenvalue weighted by atomic mass is 16.2. The number of fused-ring (bicyclic) bond motifs is 1.